The highest BCUT2D eigenvalue weighted by molar-refractivity contribution is 6.09. The standard InChI is InChI=1S/C34H34N4.2C5H12.C3H6.C2H4/c1-20(2)16-29-21(3)17-30-22(4)26(25-18-36-34(37-19-25)38(5)6)12-13-27(30)32(29)28-11-10-23-8-7-9-24-14-15-35-33(28)31(23)24;2*1-5(2,3)4;1-3-2;1-2/h10-15,17-19H,1,7-9,16H2,2-6H3;2*1-4H3;3H,1H2,2H3;1-2H2. The van der Waals surface area contributed by atoms with Crippen LogP contribution in [0.15, 0.2) is 93.0 Å². The van der Waals surface area contributed by atoms with E-state index in [-0.39, 0.29) is 0 Å². The fourth-order valence-corrected chi connectivity index (χ4v) is 6.14. The Balaban J connectivity index is 0.000000557. The fraction of sp³-hybridized carbons (Fsp3) is 0.408. The van der Waals surface area contributed by atoms with Gasteiger partial charge in [0.25, 0.3) is 0 Å². The Morgan fingerprint density at radius 3 is 1.81 bits per heavy atom. The quantitative estimate of drug-likeness (QED) is 0.170. The summed E-state index contributed by atoms with van der Waals surface area (Å²) < 4.78 is 0. The second kappa shape index (κ2) is 19.5. The van der Waals surface area contributed by atoms with Crippen molar-refractivity contribution in [1.29, 1.82) is 0 Å². The molecule has 284 valence electrons. The molecule has 0 unspecified atom stereocenters. The summed E-state index contributed by atoms with van der Waals surface area (Å²) in [5, 5.41) is 3.88. The minimum Gasteiger partial charge on any atom is -0.347 e. The maximum Gasteiger partial charge on any atom is 0.224 e. The molecule has 4 nitrogen and oxygen atoms in total. The van der Waals surface area contributed by atoms with E-state index in [4.69, 9.17) is 4.98 Å². The summed E-state index contributed by atoms with van der Waals surface area (Å²) in [5.74, 6) is 0.713. The molecule has 1 aliphatic rings. The number of benzene rings is 3. The summed E-state index contributed by atoms with van der Waals surface area (Å²) in [7, 11) is 3.92. The van der Waals surface area contributed by atoms with Crippen LogP contribution in [-0.2, 0) is 19.3 Å². The molecule has 2 heterocycles. The van der Waals surface area contributed by atoms with E-state index in [1.54, 1.807) is 6.08 Å². The smallest absolute Gasteiger partial charge is 0.224 e. The van der Waals surface area contributed by atoms with Crippen molar-refractivity contribution in [2.24, 2.45) is 10.8 Å². The van der Waals surface area contributed by atoms with Gasteiger partial charge in [-0.2, -0.15) is 0 Å². The van der Waals surface area contributed by atoms with E-state index >= 15 is 0 Å². The van der Waals surface area contributed by atoms with Crippen molar-refractivity contribution in [3.8, 4) is 22.3 Å². The average molecular weight is 713 g/mol. The largest absolute Gasteiger partial charge is 0.347 e. The first kappa shape index (κ1) is 44.6. The van der Waals surface area contributed by atoms with E-state index in [1.165, 1.54) is 61.5 Å². The van der Waals surface area contributed by atoms with Gasteiger partial charge in [-0.25, -0.2) is 9.97 Å². The molecule has 0 fully saturated rings. The number of pyridine rings is 1. The van der Waals surface area contributed by atoms with Gasteiger partial charge in [-0.05, 0) is 120 Å². The van der Waals surface area contributed by atoms with Crippen LogP contribution in [0.3, 0.4) is 0 Å². The third kappa shape index (κ3) is 12.8. The molecule has 0 spiro atoms. The molecule has 0 radical (unpaired) electrons. The highest BCUT2D eigenvalue weighted by Crippen LogP contribution is 2.43. The Labute approximate surface area is 323 Å². The molecule has 0 N–H and O–H groups in total. The monoisotopic (exact) mass is 713 g/mol. The van der Waals surface area contributed by atoms with Crippen molar-refractivity contribution in [2.45, 2.75) is 109 Å². The lowest BCUT2D eigenvalue weighted by atomic mass is 9.82. The number of hydrogen-bond acceptors (Lipinski definition) is 4. The molecule has 0 saturated carbocycles. The van der Waals surface area contributed by atoms with E-state index in [0.29, 0.717) is 16.8 Å². The van der Waals surface area contributed by atoms with E-state index in [2.05, 4.69) is 149 Å². The van der Waals surface area contributed by atoms with Gasteiger partial charge in [0.05, 0.1) is 5.52 Å². The first-order valence-electron chi connectivity index (χ1n) is 18.9. The van der Waals surface area contributed by atoms with Crippen molar-refractivity contribution in [1.82, 2.24) is 15.0 Å². The molecular formula is C49H68N4. The normalized spacial score (nSPS) is 11.7. The summed E-state index contributed by atoms with van der Waals surface area (Å²) in [6, 6.07) is 13.7. The molecule has 0 bridgehead atoms. The van der Waals surface area contributed by atoms with E-state index in [0.717, 1.165) is 41.5 Å². The molecule has 0 atom stereocenters. The minimum atomic E-state index is 0.500. The molecule has 1 aliphatic carbocycles. The lowest BCUT2D eigenvalue weighted by Crippen LogP contribution is -2.12. The van der Waals surface area contributed by atoms with Crippen LogP contribution in [0.25, 0.3) is 43.9 Å². The molecule has 0 saturated heterocycles. The van der Waals surface area contributed by atoms with Gasteiger partial charge >= 0.3 is 0 Å². The molecule has 0 amide bonds. The van der Waals surface area contributed by atoms with E-state index in [1.807, 2.05) is 44.5 Å². The molecule has 53 heavy (non-hydrogen) atoms. The van der Waals surface area contributed by atoms with Gasteiger partial charge in [0.15, 0.2) is 0 Å². The molecule has 3 aromatic carbocycles. The number of aryl methyl sites for hydroxylation is 4. The molecule has 6 rings (SSSR count). The third-order valence-corrected chi connectivity index (χ3v) is 7.98. The number of allylic oxidation sites excluding steroid dienone is 2. The van der Waals surface area contributed by atoms with Crippen molar-refractivity contribution in [3.63, 3.8) is 0 Å². The Morgan fingerprint density at radius 2 is 1.30 bits per heavy atom. The lowest BCUT2D eigenvalue weighted by molar-refractivity contribution is 0.469. The number of fused-ring (bicyclic) bond motifs is 1. The van der Waals surface area contributed by atoms with Crippen LogP contribution in [0, 0.1) is 24.7 Å². The SMILES string of the molecule is C=C.C=C(C)Cc1c(C)cc2c(C)c(-c3cnc(N(C)C)nc3)ccc2c1-c1ccc2c3c(ccnc13)CCC2.C=CC.CC(C)(C)C.CC(C)(C)C. The first-order valence-corrected chi connectivity index (χ1v) is 18.9. The summed E-state index contributed by atoms with van der Waals surface area (Å²) in [4.78, 5) is 16.0. The lowest BCUT2D eigenvalue weighted by Gasteiger charge is -2.23. The van der Waals surface area contributed by atoms with Crippen LogP contribution in [0.2, 0.25) is 0 Å². The second-order valence-corrected chi connectivity index (χ2v) is 17.4. The van der Waals surface area contributed by atoms with E-state index < -0.39 is 0 Å². The number of nitrogens with zero attached hydrogens (tertiary/aromatic N) is 4. The molecule has 5 aromatic rings. The first-order chi connectivity index (χ1) is 24.7. The van der Waals surface area contributed by atoms with Crippen LogP contribution in [0.1, 0.15) is 103 Å². The van der Waals surface area contributed by atoms with Gasteiger partial charge in [0, 0.05) is 49.2 Å². The zero-order chi connectivity index (χ0) is 40.3. The Bertz CT molecular complexity index is 1950. The van der Waals surface area contributed by atoms with Gasteiger partial charge in [0.1, 0.15) is 0 Å². The third-order valence-electron chi connectivity index (χ3n) is 7.98. The zero-order valence-electron chi connectivity index (χ0n) is 35.7. The fourth-order valence-electron chi connectivity index (χ4n) is 6.14. The molecular weight excluding hydrogens is 645 g/mol. The predicted molar refractivity (Wildman–Crippen MR) is 237 cm³/mol. The van der Waals surface area contributed by atoms with Crippen LogP contribution in [-0.4, -0.2) is 29.0 Å². The summed E-state index contributed by atoms with van der Waals surface area (Å²) in [5.41, 5.74) is 14.7. The maximum atomic E-state index is 4.98. The Hall–Kier alpha value is -4.57. The van der Waals surface area contributed by atoms with Gasteiger partial charge in [0.2, 0.25) is 5.95 Å². The Morgan fingerprint density at radius 1 is 0.792 bits per heavy atom. The number of rotatable bonds is 5. The molecule has 4 heteroatoms. The van der Waals surface area contributed by atoms with Crippen LogP contribution >= 0.6 is 0 Å². The van der Waals surface area contributed by atoms with Gasteiger partial charge in [-0.3, -0.25) is 4.98 Å². The summed E-state index contributed by atoms with van der Waals surface area (Å²) >= 11 is 0. The topological polar surface area (TPSA) is 41.9 Å². The second-order valence-electron chi connectivity index (χ2n) is 17.4. The number of aromatic nitrogens is 3. The van der Waals surface area contributed by atoms with E-state index in [9.17, 15) is 0 Å². The van der Waals surface area contributed by atoms with Crippen LogP contribution in [0.5, 0.6) is 0 Å². The number of hydrogen-bond donors (Lipinski definition) is 0. The van der Waals surface area contributed by atoms with Crippen molar-refractivity contribution >= 4 is 27.6 Å². The number of anilines is 1. The van der Waals surface area contributed by atoms with Gasteiger partial charge in [-0.15, -0.1) is 19.7 Å². The van der Waals surface area contributed by atoms with Crippen molar-refractivity contribution in [3.05, 3.63) is 121 Å². The van der Waals surface area contributed by atoms with Gasteiger partial charge in [-0.1, -0.05) is 104 Å². The van der Waals surface area contributed by atoms with Gasteiger partial charge < -0.3 is 4.90 Å². The zero-order valence-corrected chi connectivity index (χ0v) is 35.7. The average Bonchev–Trinajstić information content (AvgIpc) is 3.06. The van der Waals surface area contributed by atoms with Crippen molar-refractivity contribution in [2.75, 3.05) is 19.0 Å². The summed E-state index contributed by atoms with van der Waals surface area (Å²) in [6.45, 7) is 39.6. The highest BCUT2D eigenvalue weighted by atomic mass is 15.2. The maximum absolute atomic E-state index is 4.98. The molecule has 0 aliphatic heterocycles. The van der Waals surface area contributed by atoms with Crippen LogP contribution in [0.4, 0.5) is 5.95 Å². The summed E-state index contributed by atoms with van der Waals surface area (Å²) in [6.07, 6.45) is 11.9. The molecule has 2 aromatic heterocycles. The van der Waals surface area contributed by atoms with Crippen LogP contribution < -0.4 is 4.90 Å². The minimum absolute atomic E-state index is 0.500. The van der Waals surface area contributed by atoms with Crippen molar-refractivity contribution < 1.29 is 0 Å². The Kier molecular flexibility index (Phi) is 16.4. The highest BCUT2D eigenvalue weighted by Gasteiger charge is 2.22. The predicted octanol–water partition coefficient (Wildman–Crippen LogP) is 13.9.